The van der Waals surface area contributed by atoms with Crippen molar-refractivity contribution >= 4 is 21.6 Å². The van der Waals surface area contributed by atoms with Crippen LogP contribution in [0.25, 0.3) is 0 Å². The molecule has 0 radical (unpaired) electrons. The molecule has 0 aliphatic rings. The van der Waals surface area contributed by atoms with Crippen molar-refractivity contribution < 1.29 is 17.9 Å². The largest absolute Gasteiger partial charge is 0.439 e. The molecule has 0 aliphatic heterocycles. The number of sulfonamides is 1. The van der Waals surface area contributed by atoms with Gasteiger partial charge in [0.1, 0.15) is 5.75 Å². The van der Waals surface area contributed by atoms with Crippen molar-refractivity contribution in [2.24, 2.45) is 0 Å². The summed E-state index contributed by atoms with van der Waals surface area (Å²) in [5.74, 6) is 0.618. The molecule has 0 bridgehead atoms. The Morgan fingerprint density at radius 3 is 2.26 bits per heavy atom. The van der Waals surface area contributed by atoms with Gasteiger partial charge in [0.05, 0.1) is 10.5 Å². The van der Waals surface area contributed by atoms with Gasteiger partial charge in [-0.15, -0.1) is 0 Å². The highest BCUT2D eigenvalue weighted by atomic mass is 32.2. The van der Waals surface area contributed by atoms with Crippen LogP contribution in [-0.4, -0.2) is 25.9 Å². The second-order valence-electron chi connectivity index (χ2n) is 7.18. The van der Waals surface area contributed by atoms with Crippen molar-refractivity contribution in [1.82, 2.24) is 10.3 Å². The summed E-state index contributed by atoms with van der Waals surface area (Å²) in [6, 6.07) is 13.3. The number of hydrogen-bond acceptors (Lipinski definition) is 5. The second kappa shape index (κ2) is 9.18. The summed E-state index contributed by atoms with van der Waals surface area (Å²) in [7, 11) is -3.71. The summed E-state index contributed by atoms with van der Waals surface area (Å²) in [6.45, 7) is 8.00. The number of anilines is 1. The summed E-state index contributed by atoms with van der Waals surface area (Å²) in [4.78, 5) is 16.2. The lowest BCUT2D eigenvalue weighted by Gasteiger charge is -2.13. The number of nitrogens with zero attached hydrogens (tertiary/aromatic N) is 1. The normalized spacial score (nSPS) is 11.1. The predicted molar refractivity (Wildman–Crippen MR) is 120 cm³/mol. The Hall–Kier alpha value is -3.39. The molecule has 0 saturated carbocycles. The number of ether oxygens (including phenoxy) is 1. The van der Waals surface area contributed by atoms with Crippen molar-refractivity contribution in [2.45, 2.75) is 32.6 Å². The molecule has 162 valence electrons. The number of carbonyl (C=O) groups is 1. The van der Waals surface area contributed by atoms with Gasteiger partial charge in [-0.3, -0.25) is 9.52 Å². The van der Waals surface area contributed by atoms with Gasteiger partial charge >= 0.3 is 0 Å². The first-order valence-corrected chi connectivity index (χ1v) is 11.3. The van der Waals surface area contributed by atoms with Gasteiger partial charge in [-0.25, -0.2) is 13.4 Å². The number of pyridine rings is 1. The Bertz CT molecular complexity index is 1190. The summed E-state index contributed by atoms with van der Waals surface area (Å²) in [5, 5.41) is 2.70. The van der Waals surface area contributed by atoms with Gasteiger partial charge in [0.15, 0.2) is 0 Å². The molecule has 0 spiro atoms. The third-order valence-electron chi connectivity index (χ3n) is 4.75. The molecule has 2 aromatic carbocycles. The van der Waals surface area contributed by atoms with E-state index in [9.17, 15) is 13.2 Å². The monoisotopic (exact) mass is 439 g/mol. The molecular weight excluding hydrogens is 414 g/mol. The van der Waals surface area contributed by atoms with Crippen LogP contribution >= 0.6 is 0 Å². The van der Waals surface area contributed by atoms with E-state index in [0.29, 0.717) is 35.0 Å². The fraction of sp³-hybridized carbons (Fsp3) is 0.217. The van der Waals surface area contributed by atoms with Crippen molar-refractivity contribution in [1.29, 1.82) is 0 Å². The van der Waals surface area contributed by atoms with E-state index in [0.717, 1.165) is 11.1 Å². The van der Waals surface area contributed by atoms with E-state index in [-0.39, 0.29) is 10.8 Å². The first-order chi connectivity index (χ1) is 14.7. The molecular formula is C23H25N3O4S. The number of amides is 1. The molecule has 0 fully saturated rings. The third kappa shape index (κ3) is 5.40. The van der Waals surface area contributed by atoms with Crippen LogP contribution in [-0.2, 0) is 10.0 Å². The van der Waals surface area contributed by atoms with Crippen LogP contribution < -0.4 is 14.8 Å². The van der Waals surface area contributed by atoms with E-state index < -0.39 is 10.0 Å². The minimum absolute atomic E-state index is 0.197. The van der Waals surface area contributed by atoms with E-state index in [2.05, 4.69) is 15.0 Å². The molecule has 0 atom stereocenters. The van der Waals surface area contributed by atoms with E-state index in [4.69, 9.17) is 4.74 Å². The Morgan fingerprint density at radius 1 is 0.968 bits per heavy atom. The van der Waals surface area contributed by atoms with Crippen LogP contribution in [0, 0.1) is 20.8 Å². The van der Waals surface area contributed by atoms with Crippen LogP contribution in [0.1, 0.15) is 34.0 Å². The maximum absolute atomic E-state index is 12.8. The highest BCUT2D eigenvalue weighted by Crippen LogP contribution is 2.25. The van der Waals surface area contributed by atoms with Crippen LogP contribution in [0.3, 0.4) is 0 Å². The van der Waals surface area contributed by atoms with Gasteiger partial charge in [-0.2, -0.15) is 0 Å². The molecule has 31 heavy (non-hydrogen) atoms. The lowest BCUT2D eigenvalue weighted by atomic mass is 10.1. The summed E-state index contributed by atoms with van der Waals surface area (Å²) < 4.78 is 33.9. The number of hydrogen-bond donors (Lipinski definition) is 2. The third-order valence-corrected chi connectivity index (χ3v) is 6.27. The highest BCUT2D eigenvalue weighted by Gasteiger charge is 2.18. The molecule has 8 heteroatoms. The minimum atomic E-state index is -3.71. The Balaban J connectivity index is 1.70. The van der Waals surface area contributed by atoms with Crippen LogP contribution in [0.2, 0.25) is 0 Å². The quantitative estimate of drug-likeness (QED) is 0.570. The predicted octanol–water partition coefficient (Wildman–Crippen LogP) is 4.35. The maximum atomic E-state index is 12.8. The molecule has 3 rings (SSSR count). The maximum Gasteiger partial charge on any atom is 0.262 e. The van der Waals surface area contributed by atoms with E-state index in [1.54, 1.807) is 49.4 Å². The SMILES string of the molecule is CCNC(=O)c1ccc(Oc2ccc(NS(=O)(=O)c3cc(C)c(C)cc3C)cc2)nc1. The van der Waals surface area contributed by atoms with E-state index >= 15 is 0 Å². The molecule has 1 amide bonds. The summed E-state index contributed by atoms with van der Waals surface area (Å²) in [6.07, 6.45) is 1.44. The molecule has 0 saturated heterocycles. The van der Waals surface area contributed by atoms with Crippen molar-refractivity contribution in [3.05, 3.63) is 77.0 Å². The van der Waals surface area contributed by atoms with Crippen LogP contribution in [0.4, 0.5) is 5.69 Å². The van der Waals surface area contributed by atoms with Gasteiger partial charge < -0.3 is 10.1 Å². The Labute approximate surface area is 182 Å². The number of benzene rings is 2. The van der Waals surface area contributed by atoms with Gasteiger partial charge in [-0.1, -0.05) is 6.07 Å². The highest BCUT2D eigenvalue weighted by molar-refractivity contribution is 7.92. The van der Waals surface area contributed by atoms with Gasteiger partial charge in [0.2, 0.25) is 5.88 Å². The van der Waals surface area contributed by atoms with Crippen LogP contribution in [0.15, 0.2) is 59.6 Å². The lowest BCUT2D eigenvalue weighted by molar-refractivity contribution is 0.0955. The Kier molecular flexibility index (Phi) is 6.60. The minimum Gasteiger partial charge on any atom is -0.439 e. The second-order valence-corrected chi connectivity index (χ2v) is 8.83. The first kappa shape index (κ1) is 22.3. The molecule has 3 aromatic rings. The molecule has 1 aromatic heterocycles. The van der Waals surface area contributed by atoms with E-state index in [1.807, 2.05) is 26.8 Å². The zero-order valence-corrected chi connectivity index (χ0v) is 18.7. The molecule has 0 aliphatic carbocycles. The molecule has 7 nitrogen and oxygen atoms in total. The fourth-order valence-electron chi connectivity index (χ4n) is 2.98. The number of nitrogens with one attached hydrogen (secondary N) is 2. The first-order valence-electron chi connectivity index (χ1n) is 9.82. The zero-order valence-electron chi connectivity index (χ0n) is 17.9. The molecule has 0 unspecified atom stereocenters. The number of aryl methyl sites for hydroxylation is 3. The van der Waals surface area contributed by atoms with E-state index in [1.165, 1.54) is 6.20 Å². The van der Waals surface area contributed by atoms with Crippen molar-refractivity contribution in [2.75, 3.05) is 11.3 Å². The standard InChI is InChI=1S/C23H25N3O4S/c1-5-24-23(27)18-6-11-22(25-14-18)30-20-9-7-19(8-10-20)26-31(28,29)21-13-16(3)15(2)12-17(21)4/h6-14,26H,5H2,1-4H3,(H,24,27). The van der Waals surface area contributed by atoms with Gasteiger partial charge in [-0.05, 0) is 80.8 Å². The topological polar surface area (TPSA) is 97.4 Å². The van der Waals surface area contributed by atoms with Gasteiger partial charge in [0, 0.05) is 24.5 Å². The smallest absolute Gasteiger partial charge is 0.262 e. The number of carbonyl (C=O) groups excluding carboxylic acids is 1. The van der Waals surface area contributed by atoms with Crippen molar-refractivity contribution in [3.63, 3.8) is 0 Å². The average Bonchev–Trinajstić information content (AvgIpc) is 2.72. The van der Waals surface area contributed by atoms with Crippen LogP contribution in [0.5, 0.6) is 11.6 Å². The zero-order chi connectivity index (χ0) is 22.6. The van der Waals surface area contributed by atoms with Gasteiger partial charge in [0.25, 0.3) is 15.9 Å². The Morgan fingerprint density at radius 2 is 1.65 bits per heavy atom. The number of aromatic nitrogens is 1. The average molecular weight is 440 g/mol. The fourth-order valence-corrected chi connectivity index (χ4v) is 4.35. The molecule has 2 N–H and O–H groups in total. The van der Waals surface area contributed by atoms with Crippen molar-refractivity contribution in [3.8, 4) is 11.6 Å². The number of rotatable bonds is 7. The summed E-state index contributed by atoms with van der Waals surface area (Å²) in [5.41, 5.74) is 3.52. The molecule has 1 heterocycles. The lowest BCUT2D eigenvalue weighted by Crippen LogP contribution is -2.22. The summed E-state index contributed by atoms with van der Waals surface area (Å²) >= 11 is 0.